The second kappa shape index (κ2) is 7.45. The molecule has 1 atom stereocenters. The fourth-order valence-corrected chi connectivity index (χ4v) is 1.82. The van der Waals surface area contributed by atoms with Gasteiger partial charge in [0.2, 0.25) is 0 Å². The van der Waals surface area contributed by atoms with E-state index in [9.17, 15) is 5.11 Å². The van der Waals surface area contributed by atoms with Crippen molar-refractivity contribution in [3.05, 3.63) is 12.2 Å². The summed E-state index contributed by atoms with van der Waals surface area (Å²) < 4.78 is 6.83. The van der Waals surface area contributed by atoms with E-state index in [1.54, 1.807) is 13.4 Å². The summed E-state index contributed by atoms with van der Waals surface area (Å²) in [6.07, 6.45) is 1.11. The van der Waals surface area contributed by atoms with Crippen molar-refractivity contribution < 1.29 is 9.84 Å². The van der Waals surface area contributed by atoms with Gasteiger partial charge >= 0.3 is 0 Å². The molecule has 0 amide bonds. The third-order valence-corrected chi connectivity index (χ3v) is 2.53. The lowest BCUT2D eigenvalue weighted by molar-refractivity contribution is 0.0411. The Morgan fingerprint density at radius 1 is 1.50 bits per heavy atom. The third-order valence-electron chi connectivity index (χ3n) is 2.53. The van der Waals surface area contributed by atoms with Gasteiger partial charge in [-0.25, -0.2) is 9.67 Å². The fourth-order valence-electron chi connectivity index (χ4n) is 1.82. The molecule has 1 unspecified atom stereocenters. The maximum Gasteiger partial charge on any atom is 0.141 e. The molecular weight excluding hydrogens is 232 g/mol. The van der Waals surface area contributed by atoms with Crippen LogP contribution in [0.4, 0.5) is 0 Å². The molecule has 6 heteroatoms. The highest BCUT2D eigenvalue weighted by atomic mass is 16.5. The van der Waals surface area contributed by atoms with Crippen molar-refractivity contribution in [2.45, 2.75) is 33.0 Å². The Kier molecular flexibility index (Phi) is 6.24. The molecule has 0 saturated heterocycles. The van der Waals surface area contributed by atoms with Gasteiger partial charge in [-0.2, -0.15) is 5.10 Å². The Morgan fingerprint density at radius 3 is 2.83 bits per heavy atom. The molecule has 1 rings (SSSR count). The smallest absolute Gasteiger partial charge is 0.141 e. The molecule has 0 fully saturated rings. The van der Waals surface area contributed by atoms with Gasteiger partial charge in [-0.1, -0.05) is 13.8 Å². The van der Waals surface area contributed by atoms with Crippen molar-refractivity contribution >= 4 is 0 Å². The van der Waals surface area contributed by atoms with Crippen molar-refractivity contribution in [2.24, 2.45) is 5.92 Å². The van der Waals surface area contributed by atoms with Gasteiger partial charge in [-0.05, 0) is 13.0 Å². The zero-order valence-electron chi connectivity index (χ0n) is 11.7. The van der Waals surface area contributed by atoms with Crippen LogP contribution in [0.15, 0.2) is 6.33 Å². The lowest BCUT2D eigenvalue weighted by Gasteiger charge is -2.20. The second-order valence-electron chi connectivity index (χ2n) is 5.06. The number of likely N-dealkylation sites (N-methyl/N-ethyl adjacent to an activating group) is 1. The first-order valence-electron chi connectivity index (χ1n) is 6.25. The number of aromatic nitrogens is 3. The fraction of sp³-hybridized carbons (Fsp3) is 0.833. The largest absolute Gasteiger partial charge is 0.389 e. The SMILES string of the molecule is COCC(O)CN(C)Cc1ncnn1CC(C)C. The van der Waals surface area contributed by atoms with Crippen molar-refractivity contribution in [1.29, 1.82) is 0 Å². The van der Waals surface area contributed by atoms with E-state index in [1.807, 2.05) is 16.6 Å². The summed E-state index contributed by atoms with van der Waals surface area (Å²) in [4.78, 5) is 6.28. The van der Waals surface area contributed by atoms with Crippen molar-refractivity contribution in [3.63, 3.8) is 0 Å². The summed E-state index contributed by atoms with van der Waals surface area (Å²) in [7, 11) is 3.54. The first-order valence-corrected chi connectivity index (χ1v) is 6.25. The topological polar surface area (TPSA) is 63.4 Å². The zero-order chi connectivity index (χ0) is 13.5. The number of aliphatic hydroxyl groups excluding tert-OH is 1. The molecule has 1 heterocycles. The second-order valence-corrected chi connectivity index (χ2v) is 5.06. The third kappa shape index (κ3) is 5.12. The number of ether oxygens (including phenoxy) is 1. The van der Waals surface area contributed by atoms with Gasteiger partial charge in [0, 0.05) is 20.2 Å². The predicted molar refractivity (Wildman–Crippen MR) is 69.1 cm³/mol. The minimum Gasteiger partial charge on any atom is -0.389 e. The number of aliphatic hydroxyl groups is 1. The van der Waals surface area contributed by atoms with Crippen molar-refractivity contribution in [2.75, 3.05) is 27.3 Å². The first-order chi connectivity index (χ1) is 8.52. The summed E-state index contributed by atoms with van der Waals surface area (Å²) in [6.45, 7) is 6.75. The Labute approximate surface area is 109 Å². The van der Waals surface area contributed by atoms with E-state index in [1.165, 1.54) is 0 Å². The monoisotopic (exact) mass is 256 g/mol. The van der Waals surface area contributed by atoms with Gasteiger partial charge in [-0.3, -0.25) is 4.90 Å². The minimum absolute atomic E-state index is 0.350. The van der Waals surface area contributed by atoms with Gasteiger partial charge in [0.25, 0.3) is 0 Å². The molecule has 6 nitrogen and oxygen atoms in total. The maximum absolute atomic E-state index is 9.65. The average molecular weight is 256 g/mol. The molecule has 18 heavy (non-hydrogen) atoms. The van der Waals surface area contributed by atoms with Gasteiger partial charge in [0.05, 0.1) is 19.3 Å². The van der Waals surface area contributed by atoms with Crippen molar-refractivity contribution in [1.82, 2.24) is 19.7 Å². The lowest BCUT2D eigenvalue weighted by atomic mass is 10.2. The van der Waals surface area contributed by atoms with Gasteiger partial charge in [-0.15, -0.1) is 0 Å². The summed E-state index contributed by atoms with van der Waals surface area (Å²) in [5, 5.41) is 13.9. The average Bonchev–Trinajstić information content (AvgIpc) is 2.64. The quantitative estimate of drug-likeness (QED) is 0.728. The molecule has 0 radical (unpaired) electrons. The Morgan fingerprint density at radius 2 is 2.22 bits per heavy atom. The molecule has 0 bridgehead atoms. The van der Waals surface area contributed by atoms with E-state index in [-0.39, 0.29) is 0 Å². The number of rotatable bonds is 8. The molecule has 0 aliphatic carbocycles. The summed E-state index contributed by atoms with van der Waals surface area (Å²) in [6, 6.07) is 0. The molecule has 0 saturated carbocycles. The Balaban J connectivity index is 2.48. The molecule has 1 aromatic rings. The normalized spacial score (nSPS) is 13.5. The van der Waals surface area contributed by atoms with Crippen molar-refractivity contribution in [3.8, 4) is 0 Å². The van der Waals surface area contributed by atoms with E-state index in [2.05, 4.69) is 23.9 Å². The van der Waals surface area contributed by atoms with Crippen LogP contribution in [0.5, 0.6) is 0 Å². The van der Waals surface area contributed by atoms with Gasteiger partial charge in [0.15, 0.2) is 0 Å². The van der Waals surface area contributed by atoms with Crippen LogP contribution in [0, 0.1) is 5.92 Å². The highest BCUT2D eigenvalue weighted by molar-refractivity contribution is 4.85. The van der Waals surface area contributed by atoms with E-state index in [4.69, 9.17) is 4.74 Å². The molecule has 104 valence electrons. The maximum atomic E-state index is 9.65. The van der Waals surface area contributed by atoms with Crippen LogP contribution >= 0.6 is 0 Å². The van der Waals surface area contributed by atoms with E-state index < -0.39 is 6.10 Å². The standard InChI is InChI=1S/C12H24N4O2/c1-10(2)5-16-12(13-9-14-16)7-15(3)6-11(17)8-18-4/h9-11,17H,5-8H2,1-4H3. The molecule has 0 aliphatic heterocycles. The lowest BCUT2D eigenvalue weighted by Crippen LogP contribution is -2.32. The summed E-state index contributed by atoms with van der Waals surface area (Å²) in [5.41, 5.74) is 0. The molecule has 1 N–H and O–H groups in total. The number of methoxy groups -OCH3 is 1. The van der Waals surface area contributed by atoms with Crippen LogP contribution in [0.1, 0.15) is 19.7 Å². The first kappa shape index (κ1) is 15.1. The van der Waals surface area contributed by atoms with Crippen LogP contribution in [-0.4, -0.2) is 58.2 Å². The van der Waals surface area contributed by atoms with Gasteiger partial charge < -0.3 is 9.84 Å². The van der Waals surface area contributed by atoms with Crippen LogP contribution in [-0.2, 0) is 17.8 Å². The Hall–Kier alpha value is -0.980. The Bertz CT molecular complexity index is 341. The van der Waals surface area contributed by atoms with Crippen LogP contribution in [0.3, 0.4) is 0 Å². The number of hydrogen-bond donors (Lipinski definition) is 1. The zero-order valence-corrected chi connectivity index (χ0v) is 11.7. The predicted octanol–water partition coefficient (Wildman–Crippen LogP) is 0.373. The minimum atomic E-state index is -0.471. The molecule has 0 aliphatic rings. The highest BCUT2D eigenvalue weighted by Crippen LogP contribution is 2.04. The van der Waals surface area contributed by atoms with E-state index >= 15 is 0 Å². The number of hydrogen-bond acceptors (Lipinski definition) is 5. The van der Waals surface area contributed by atoms with Crippen LogP contribution in [0.25, 0.3) is 0 Å². The van der Waals surface area contributed by atoms with Gasteiger partial charge in [0.1, 0.15) is 12.2 Å². The van der Waals surface area contributed by atoms with Crippen LogP contribution in [0.2, 0.25) is 0 Å². The molecular formula is C12H24N4O2. The number of nitrogens with zero attached hydrogens (tertiary/aromatic N) is 4. The molecule has 1 aromatic heterocycles. The molecule has 0 aromatic carbocycles. The molecule has 0 spiro atoms. The van der Waals surface area contributed by atoms with E-state index in [0.717, 1.165) is 12.4 Å². The summed E-state index contributed by atoms with van der Waals surface area (Å²) in [5.74, 6) is 1.46. The summed E-state index contributed by atoms with van der Waals surface area (Å²) >= 11 is 0. The van der Waals surface area contributed by atoms with E-state index in [0.29, 0.717) is 25.6 Å². The highest BCUT2D eigenvalue weighted by Gasteiger charge is 2.12. The van der Waals surface area contributed by atoms with Crippen LogP contribution < -0.4 is 0 Å².